The average molecular weight is 294 g/mol. The molecule has 0 spiro atoms. The zero-order valence-corrected chi connectivity index (χ0v) is 11.4. The predicted molar refractivity (Wildman–Crippen MR) is 74.7 cm³/mol. The highest BCUT2D eigenvalue weighted by Crippen LogP contribution is 2.12. The second kappa shape index (κ2) is 5.69. The Morgan fingerprint density at radius 1 is 1.60 bits per heavy atom. The number of aliphatic hydroxyl groups excluding tert-OH is 1. The van der Waals surface area contributed by atoms with E-state index in [1.807, 2.05) is 0 Å². The number of nitrogens with zero attached hydrogens (tertiary/aromatic N) is 2. The molecule has 104 valence electrons. The van der Waals surface area contributed by atoms with E-state index in [2.05, 4.69) is 5.10 Å². The van der Waals surface area contributed by atoms with Crippen molar-refractivity contribution >= 4 is 29.3 Å². The maximum atomic E-state index is 11.2. The van der Waals surface area contributed by atoms with Crippen LogP contribution in [0.15, 0.2) is 24.3 Å². The van der Waals surface area contributed by atoms with Crippen LogP contribution in [-0.4, -0.2) is 27.4 Å². The zero-order chi connectivity index (χ0) is 14.7. The van der Waals surface area contributed by atoms with E-state index in [4.69, 9.17) is 22.1 Å². The Morgan fingerprint density at radius 2 is 2.35 bits per heavy atom. The van der Waals surface area contributed by atoms with Crippen molar-refractivity contribution in [3.05, 3.63) is 39.9 Å². The lowest BCUT2D eigenvalue weighted by Crippen LogP contribution is -2.33. The quantitative estimate of drug-likeness (QED) is 0.848. The van der Waals surface area contributed by atoms with Gasteiger partial charge in [-0.2, -0.15) is 0 Å². The molecule has 0 aliphatic rings. The van der Waals surface area contributed by atoms with Crippen molar-refractivity contribution in [1.29, 1.82) is 0 Å². The van der Waals surface area contributed by atoms with Gasteiger partial charge in [0.1, 0.15) is 5.22 Å². The fourth-order valence-corrected chi connectivity index (χ4v) is 1.93. The lowest BCUT2D eigenvalue weighted by atomic mass is 10.3. The number of hydrogen-bond acceptors (Lipinski definition) is 5. The van der Waals surface area contributed by atoms with Gasteiger partial charge in [0, 0.05) is 5.02 Å². The van der Waals surface area contributed by atoms with Crippen molar-refractivity contribution in [2.75, 3.05) is 12.3 Å². The highest BCUT2D eigenvalue weighted by atomic mass is 35.5. The molecule has 20 heavy (non-hydrogen) atoms. The number of anilines is 1. The first-order valence-corrected chi connectivity index (χ1v) is 6.18. The van der Waals surface area contributed by atoms with Crippen LogP contribution in [0.4, 0.5) is 5.82 Å². The van der Waals surface area contributed by atoms with Gasteiger partial charge in [0.15, 0.2) is 17.1 Å². The lowest BCUT2D eigenvalue weighted by Gasteiger charge is -2.00. The van der Waals surface area contributed by atoms with E-state index >= 15 is 0 Å². The largest absolute Gasteiger partial charge is 0.480 e. The van der Waals surface area contributed by atoms with Crippen LogP contribution in [0.1, 0.15) is 6.92 Å². The first-order valence-electron chi connectivity index (χ1n) is 5.80. The molecular formula is C13H12ClN3O3. The monoisotopic (exact) mass is 293 g/mol. The average Bonchev–Trinajstić information content (AvgIpc) is 2.75. The molecule has 0 radical (unpaired) electrons. The van der Waals surface area contributed by atoms with Crippen LogP contribution >= 0.6 is 11.6 Å². The predicted octanol–water partition coefficient (Wildman–Crippen LogP) is 0.271. The van der Waals surface area contributed by atoms with Gasteiger partial charge in [0.25, 0.3) is 5.95 Å². The fraction of sp³-hybridized carbons (Fsp3) is 0.154. The molecule has 2 aromatic rings. The summed E-state index contributed by atoms with van der Waals surface area (Å²) >= 11 is 5.90. The Kier molecular flexibility index (Phi) is 3.98. The van der Waals surface area contributed by atoms with E-state index < -0.39 is 5.95 Å². The Labute approximate surface area is 119 Å². The van der Waals surface area contributed by atoms with Gasteiger partial charge in [0.05, 0.1) is 12.3 Å². The summed E-state index contributed by atoms with van der Waals surface area (Å²) in [4.78, 5) is 11.2. The topological polar surface area (TPSA) is 90.4 Å². The molecule has 1 aromatic heterocycles. The van der Waals surface area contributed by atoms with Gasteiger partial charge in [-0.15, -0.1) is 5.10 Å². The maximum Gasteiger partial charge on any atom is 0.291 e. The number of rotatable bonds is 3. The highest BCUT2D eigenvalue weighted by molar-refractivity contribution is 6.30. The van der Waals surface area contributed by atoms with Crippen molar-refractivity contribution in [2.24, 2.45) is 0 Å². The molecule has 0 saturated carbocycles. The van der Waals surface area contributed by atoms with E-state index in [1.54, 1.807) is 37.1 Å². The van der Waals surface area contributed by atoms with Crippen LogP contribution in [0.2, 0.25) is 5.02 Å². The van der Waals surface area contributed by atoms with Gasteiger partial charge in [-0.3, -0.25) is 0 Å². The van der Waals surface area contributed by atoms with Crippen LogP contribution in [0, 0.1) is 0 Å². The SMILES string of the molecule is CCOC(O)=c1c(N)nn(-c2cccc(Cl)c2)c1=C=O. The minimum Gasteiger partial charge on any atom is -0.480 e. The first-order chi connectivity index (χ1) is 9.58. The molecule has 7 heteroatoms. The summed E-state index contributed by atoms with van der Waals surface area (Å²) in [6.45, 7) is 1.92. The van der Waals surface area contributed by atoms with Crippen molar-refractivity contribution in [2.45, 2.75) is 6.92 Å². The maximum absolute atomic E-state index is 11.2. The number of benzene rings is 1. The number of halogens is 1. The van der Waals surface area contributed by atoms with Crippen molar-refractivity contribution in [1.82, 2.24) is 9.78 Å². The van der Waals surface area contributed by atoms with E-state index in [0.717, 1.165) is 0 Å². The lowest BCUT2D eigenvalue weighted by molar-refractivity contribution is 0.190. The minimum atomic E-state index is -0.461. The number of aliphatic hydroxyl groups is 1. The van der Waals surface area contributed by atoms with Gasteiger partial charge < -0.3 is 15.6 Å². The Bertz CT molecular complexity index is 779. The summed E-state index contributed by atoms with van der Waals surface area (Å²) in [6, 6.07) is 6.69. The number of aromatic nitrogens is 2. The number of nitrogens with two attached hydrogens (primary N) is 1. The summed E-state index contributed by atoms with van der Waals surface area (Å²) in [7, 11) is 0. The third-order valence-electron chi connectivity index (χ3n) is 2.56. The van der Waals surface area contributed by atoms with Crippen LogP contribution in [-0.2, 0) is 9.53 Å². The number of nitrogen functional groups attached to an aromatic ring is 1. The molecule has 0 bridgehead atoms. The molecule has 0 fully saturated rings. The normalized spacial score (nSPS) is 11.9. The summed E-state index contributed by atoms with van der Waals surface area (Å²) in [5, 5.41) is 14.3. The molecule has 2 rings (SSSR count). The number of carbonyl (C=O) groups excluding carboxylic acids is 1. The van der Waals surface area contributed by atoms with Crippen LogP contribution in [0.5, 0.6) is 0 Å². The molecular weight excluding hydrogens is 282 g/mol. The summed E-state index contributed by atoms with van der Waals surface area (Å²) in [6.07, 6.45) is 0. The van der Waals surface area contributed by atoms with Crippen molar-refractivity contribution in [3.8, 4) is 5.69 Å². The van der Waals surface area contributed by atoms with Gasteiger partial charge in [0.2, 0.25) is 0 Å². The molecule has 0 aliphatic carbocycles. The number of hydrogen-bond donors (Lipinski definition) is 2. The van der Waals surface area contributed by atoms with Crippen LogP contribution in [0.3, 0.4) is 0 Å². The Balaban J connectivity index is 2.80. The summed E-state index contributed by atoms with van der Waals surface area (Å²) in [5.74, 6) is 1.21. The Morgan fingerprint density at radius 3 is 2.95 bits per heavy atom. The second-order valence-electron chi connectivity index (χ2n) is 3.84. The van der Waals surface area contributed by atoms with Gasteiger partial charge in [-0.25, -0.2) is 9.48 Å². The Hall–Kier alpha value is -2.43. The minimum absolute atomic E-state index is 0.0156. The number of ether oxygens (including phenoxy) is 1. The molecule has 0 atom stereocenters. The van der Waals surface area contributed by atoms with Crippen molar-refractivity contribution < 1.29 is 14.6 Å². The second-order valence-corrected chi connectivity index (χ2v) is 4.28. The third-order valence-corrected chi connectivity index (χ3v) is 2.79. The molecule has 0 amide bonds. The van der Waals surface area contributed by atoms with E-state index in [0.29, 0.717) is 10.7 Å². The smallest absolute Gasteiger partial charge is 0.291 e. The zero-order valence-electron chi connectivity index (χ0n) is 10.6. The third kappa shape index (κ3) is 2.47. The molecule has 3 N–H and O–H groups in total. The first kappa shape index (κ1) is 14.0. The van der Waals surface area contributed by atoms with Crippen LogP contribution in [0.25, 0.3) is 11.6 Å². The molecule has 0 saturated heterocycles. The summed E-state index contributed by atoms with van der Waals surface area (Å²) < 4.78 is 6.21. The van der Waals surface area contributed by atoms with E-state index in [1.165, 1.54) is 4.68 Å². The van der Waals surface area contributed by atoms with E-state index in [-0.39, 0.29) is 23.0 Å². The molecule has 1 heterocycles. The fourth-order valence-electron chi connectivity index (χ4n) is 1.74. The van der Waals surface area contributed by atoms with Gasteiger partial charge >= 0.3 is 0 Å². The van der Waals surface area contributed by atoms with E-state index in [9.17, 15) is 9.90 Å². The highest BCUT2D eigenvalue weighted by Gasteiger charge is 2.12. The van der Waals surface area contributed by atoms with Gasteiger partial charge in [-0.1, -0.05) is 17.7 Å². The van der Waals surface area contributed by atoms with Crippen molar-refractivity contribution in [3.63, 3.8) is 0 Å². The standard InChI is InChI=1S/C13H12ClN3O3/c1-2-20-13(19)11-10(7-18)17(16-12(11)15)9-5-3-4-8(14)6-9/h3-6,19H,2H2,1H3,(H2,15,16). The molecule has 1 aromatic carbocycles. The van der Waals surface area contributed by atoms with Gasteiger partial charge in [-0.05, 0) is 25.1 Å². The molecule has 6 nitrogen and oxygen atoms in total. The van der Waals surface area contributed by atoms with Crippen LogP contribution < -0.4 is 16.3 Å². The molecule has 0 aliphatic heterocycles. The molecule has 0 unspecified atom stereocenters. The summed E-state index contributed by atoms with van der Waals surface area (Å²) in [5.41, 5.74) is 6.25.